The Morgan fingerprint density at radius 1 is 0.931 bits per heavy atom. The van der Waals surface area contributed by atoms with Crippen molar-refractivity contribution in [3.05, 3.63) is 53.6 Å². The lowest BCUT2D eigenvalue weighted by Crippen LogP contribution is -2.23. The molecular formula is C23H29NO5. The molecule has 6 heteroatoms. The van der Waals surface area contributed by atoms with Crippen LogP contribution in [0.25, 0.3) is 6.08 Å². The van der Waals surface area contributed by atoms with E-state index >= 15 is 0 Å². The van der Waals surface area contributed by atoms with Crippen molar-refractivity contribution in [2.75, 3.05) is 27.9 Å². The molecule has 1 amide bonds. The topological polar surface area (TPSA) is 66.0 Å². The number of nitrogens with one attached hydrogen (secondary N) is 1. The van der Waals surface area contributed by atoms with Gasteiger partial charge in [-0.15, -0.1) is 0 Å². The molecule has 0 fully saturated rings. The molecule has 29 heavy (non-hydrogen) atoms. The van der Waals surface area contributed by atoms with Gasteiger partial charge in [-0.3, -0.25) is 4.79 Å². The van der Waals surface area contributed by atoms with Crippen LogP contribution in [0.2, 0.25) is 0 Å². The number of rotatable bonds is 10. The van der Waals surface area contributed by atoms with Gasteiger partial charge in [0.1, 0.15) is 0 Å². The average molecular weight is 399 g/mol. The van der Waals surface area contributed by atoms with Gasteiger partial charge in [0.2, 0.25) is 5.91 Å². The molecule has 0 heterocycles. The molecule has 1 N–H and O–H groups in total. The highest BCUT2D eigenvalue weighted by atomic mass is 16.5. The smallest absolute Gasteiger partial charge is 0.244 e. The molecule has 0 aromatic heterocycles. The minimum Gasteiger partial charge on any atom is -0.493 e. The summed E-state index contributed by atoms with van der Waals surface area (Å²) in [6.45, 7) is 4.43. The third-order valence-electron chi connectivity index (χ3n) is 4.14. The zero-order valence-electron chi connectivity index (χ0n) is 17.7. The Bertz CT molecular complexity index is 845. The number of carbonyl (C=O) groups is 1. The third-order valence-corrected chi connectivity index (χ3v) is 4.14. The zero-order valence-corrected chi connectivity index (χ0v) is 17.7. The van der Waals surface area contributed by atoms with Gasteiger partial charge in [0, 0.05) is 12.6 Å². The van der Waals surface area contributed by atoms with E-state index in [4.69, 9.17) is 18.9 Å². The highest BCUT2D eigenvalue weighted by molar-refractivity contribution is 5.91. The van der Waals surface area contributed by atoms with E-state index in [0.717, 1.165) is 11.1 Å². The van der Waals surface area contributed by atoms with E-state index in [9.17, 15) is 4.79 Å². The number of carbonyl (C=O) groups excluding carboxylic acids is 1. The minimum absolute atomic E-state index is 0.0572. The summed E-state index contributed by atoms with van der Waals surface area (Å²) in [5.41, 5.74) is 1.91. The summed E-state index contributed by atoms with van der Waals surface area (Å²) < 4.78 is 21.6. The van der Waals surface area contributed by atoms with E-state index in [-0.39, 0.29) is 12.0 Å². The number of hydrogen-bond acceptors (Lipinski definition) is 5. The number of benzene rings is 2. The summed E-state index contributed by atoms with van der Waals surface area (Å²) in [6.07, 6.45) is 4.00. The van der Waals surface area contributed by atoms with Crippen molar-refractivity contribution in [2.24, 2.45) is 0 Å². The Morgan fingerprint density at radius 2 is 1.59 bits per heavy atom. The second-order valence-corrected chi connectivity index (χ2v) is 6.64. The van der Waals surface area contributed by atoms with Gasteiger partial charge >= 0.3 is 0 Å². The Kier molecular flexibility index (Phi) is 8.40. The molecule has 6 nitrogen and oxygen atoms in total. The minimum atomic E-state index is -0.160. The first kappa shape index (κ1) is 22.1. The molecule has 0 aliphatic carbocycles. The standard InChI is InChI=1S/C23H29NO5/c1-16(2)29-20-10-7-17(14-22(20)28-5)8-11-23(25)24-13-12-18-6-9-19(26-3)21(15-18)27-4/h6-11,14-16H,12-13H2,1-5H3,(H,24,25). The van der Waals surface area contributed by atoms with E-state index in [0.29, 0.717) is 36.0 Å². The lowest BCUT2D eigenvalue weighted by atomic mass is 10.1. The van der Waals surface area contributed by atoms with Crippen LogP contribution in [0.5, 0.6) is 23.0 Å². The number of methoxy groups -OCH3 is 3. The van der Waals surface area contributed by atoms with Gasteiger partial charge < -0.3 is 24.3 Å². The van der Waals surface area contributed by atoms with Gasteiger partial charge in [0.05, 0.1) is 27.4 Å². The molecule has 0 bridgehead atoms. The van der Waals surface area contributed by atoms with E-state index in [1.54, 1.807) is 27.4 Å². The maximum Gasteiger partial charge on any atom is 0.244 e. The van der Waals surface area contributed by atoms with Crippen LogP contribution in [0.4, 0.5) is 0 Å². The highest BCUT2D eigenvalue weighted by Crippen LogP contribution is 2.29. The van der Waals surface area contributed by atoms with Crippen LogP contribution in [-0.2, 0) is 11.2 Å². The summed E-state index contributed by atoms with van der Waals surface area (Å²) in [5.74, 6) is 2.51. The Morgan fingerprint density at radius 3 is 2.24 bits per heavy atom. The normalized spacial score (nSPS) is 10.8. The maximum absolute atomic E-state index is 12.1. The lowest BCUT2D eigenvalue weighted by molar-refractivity contribution is -0.116. The predicted octanol–water partition coefficient (Wildman–Crippen LogP) is 3.87. The molecule has 0 spiro atoms. The first-order valence-electron chi connectivity index (χ1n) is 9.48. The van der Waals surface area contributed by atoms with Crippen molar-refractivity contribution in [2.45, 2.75) is 26.4 Å². The SMILES string of the molecule is COc1ccc(CCNC(=O)C=Cc2ccc(OC(C)C)c(OC)c2)cc1OC. The molecule has 0 unspecified atom stereocenters. The third kappa shape index (κ3) is 6.75. The van der Waals surface area contributed by atoms with Crippen molar-refractivity contribution in [1.29, 1.82) is 0 Å². The van der Waals surface area contributed by atoms with E-state index in [1.807, 2.05) is 50.2 Å². The van der Waals surface area contributed by atoms with Gasteiger partial charge in [-0.25, -0.2) is 0 Å². The lowest BCUT2D eigenvalue weighted by Gasteiger charge is -2.13. The molecule has 2 aromatic rings. The van der Waals surface area contributed by atoms with Gasteiger partial charge in [0.25, 0.3) is 0 Å². The Hall–Kier alpha value is -3.15. The molecule has 0 saturated carbocycles. The fraction of sp³-hybridized carbons (Fsp3) is 0.348. The fourth-order valence-corrected chi connectivity index (χ4v) is 2.74. The van der Waals surface area contributed by atoms with Gasteiger partial charge in [-0.1, -0.05) is 12.1 Å². The monoisotopic (exact) mass is 399 g/mol. The molecule has 2 aromatic carbocycles. The summed E-state index contributed by atoms with van der Waals surface area (Å²) in [6, 6.07) is 11.3. The molecule has 0 atom stereocenters. The second kappa shape index (κ2) is 11.0. The van der Waals surface area contributed by atoms with Gasteiger partial charge in [-0.2, -0.15) is 0 Å². The maximum atomic E-state index is 12.1. The predicted molar refractivity (Wildman–Crippen MR) is 114 cm³/mol. The molecular weight excluding hydrogens is 370 g/mol. The fourth-order valence-electron chi connectivity index (χ4n) is 2.74. The molecule has 0 aliphatic rings. The number of amides is 1. The van der Waals surface area contributed by atoms with E-state index in [1.165, 1.54) is 6.08 Å². The first-order chi connectivity index (χ1) is 14.0. The molecule has 156 valence electrons. The van der Waals surface area contributed by atoms with E-state index in [2.05, 4.69) is 5.32 Å². The second-order valence-electron chi connectivity index (χ2n) is 6.64. The molecule has 0 saturated heterocycles. The molecule has 0 aliphatic heterocycles. The molecule has 0 radical (unpaired) electrons. The van der Waals surface area contributed by atoms with Crippen molar-refractivity contribution < 1.29 is 23.7 Å². The van der Waals surface area contributed by atoms with Crippen molar-refractivity contribution in [1.82, 2.24) is 5.32 Å². The summed E-state index contributed by atoms with van der Waals surface area (Å²) >= 11 is 0. The van der Waals surface area contributed by atoms with Crippen molar-refractivity contribution in [3.8, 4) is 23.0 Å². The van der Waals surface area contributed by atoms with Crippen LogP contribution in [0.1, 0.15) is 25.0 Å². The molecule has 2 rings (SSSR count). The van der Waals surface area contributed by atoms with Gasteiger partial charge in [-0.05, 0) is 61.7 Å². The quantitative estimate of drug-likeness (QED) is 0.615. The van der Waals surface area contributed by atoms with Gasteiger partial charge in [0.15, 0.2) is 23.0 Å². The average Bonchev–Trinajstić information content (AvgIpc) is 2.72. The van der Waals surface area contributed by atoms with Crippen molar-refractivity contribution in [3.63, 3.8) is 0 Å². The zero-order chi connectivity index (χ0) is 21.2. The van der Waals surface area contributed by atoms with Crippen LogP contribution < -0.4 is 24.3 Å². The largest absolute Gasteiger partial charge is 0.493 e. The Balaban J connectivity index is 1.90. The van der Waals surface area contributed by atoms with Crippen LogP contribution in [-0.4, -0.2) is 39.9 Å². The Labute approximate surface area is 172 Å². The summed E-state index contributed by atoms with van der Waals surface area (Å²) in [4.78, 5) is 12.1. The number of ether oxygens (including phenoxy) is 4. The van der Waals surface area contributed by atoms with Crippen LogP contribution >= 0.6 is 0 Å². The summed E-state index contributed by atoms with van der Waals surface area (Å²) in [5, 5.41) is 2.88. The van der Waals surface area contributed by atoms with Crippen LogP contribution in [0.3, 0.4) is 0 Å². The number of hydrogen-bond donors (Lipinski definition) is 1. The van der Waals surface area contributed by atoms with E-state index < -0.39 is 0 Å². The summed E-state index contributed by atoms with van der Waals surface area (Å²) in [7, 11) is 4.80. The van der Waals surface area contributed by atoms with Crippen LogP contribution in [0.15, 0.2) is 42.5 Å². The highest BCUT2D eigenvalue weighted by Gasteiger charge is 2.07. The van der Waals surface area contributed by atoms with Crippen molar-refractivity contribution >= 4 is 12.0 Å². The van der Waals surface area contributed by atoms with Crippen LogP contribution in [0, 0.1) is 0 Å². The first-order valence-corrected chi connectivity index (χ1v) is 9.48.